The molecule has 0 aromatic carbocycles. The van der Waals surface area contributed by atoms with Crippen molar-refractivity contribution in [1.82, 2.24) is 0 Å². The third kappa shape index (κ3) is 12.0. The van der Waals surface area contributed by atoms with Crippen LogP contribution in [0.25, 0.3) is 0 Å². The molecule has 1 aliphatic carbocycles. The zero-order valence-corrected chi connectivity index (χ0v) is 21.5. The van der Waals surface area contributed by atoms with Crippen LogP contribution in [0.1, 0.15) is 97.3 Å². The summed E-state index contributed by atoms with van der Waals surface area (Å²) in [6, 6.07) is 0. The molecular weight excluding hydrogens is 498 g/mol. The molecule has 4 nitrogen and oxygen atoms in total. The number of aliphatic hydroxyl groups is 1. The van der Waals surface area contributed by atoms with Gasteiger partial charge in [-0.05, 0) is 65.5 Å². The molecule has 1 rings (SSSR count). The normalized spacial score (nSPS) is 26.1. The molecule has 1 aliphatic rings. The van der Waals surface area contributed by atoms with Gasteiger partial charge in [-0.25, -0.2) is 0 Å². The van der Waals surface area contributed by atoms with E-state index in [1.165, 1.54) is 44.9 Å². The lowest BCUT2D eigenvalue weighted by molar-refractivity contribution is -0.137. The number of halogens is 1. The average molecular weight is 540 g/mol. The molecule has 0 radical (unpaired) electrons. The van der Waals surface area contributed by atoms with Crippen molar-refractivity contribution in [3.8, 4) is 0 Å². The van der Waals surface area contributed by atoms with Crippen LogP contribution in [0.2, 0.25) is 0 Å². The molecule has 2 unspecified atom stereocenters. The molecule has 0 aromatic heterocycles. The van der Waals surface area contributed by atoms with Gasteiger partial charge in [0.2, 0.25) is 0 Å². The smallest absolute Gasteiger partial charge is 0.303 e. The van der Waals surface area contributed by atoms with Gasteiger partial charge in [0, 0.05) is 12.8 Å². The molecule has 2 N–H and O–H groups in total. The Morgan fingerprint density at radius 3 is 2.62 bits per heavy atom. The zero-order valence-electron chi connectivity index (χ0n) is 18.3. The molecule has 1 saturated carbocycles. The second-order valence-electron chi connectivity index (χ2n) is 8.74. The van der Waals surface area contributed by atoms with Gasteiger partial charge in [0.1, 0.15) is 0 Å². The summed E-state index contributed by atoms with van der Waals surface area (Å²) in [5, 5.41) is 19.3. The summed E-state index contributed by atoms with van der Waals surface area (Å²) >= 11 is 2.28. The fourth-order valence-corrected chi connectivity index (χ4v) is 5.90. The van der Waals surface area contributed by atoms with Crippen molar-refractivity contribution < 1.29 is 19.5 Å². The van der Waals surface area contributed by atoms with Crippen molar-refractivity contribution in [2.75, 3.05) is 0 Å². The molecule has 0 aliphatic heterocycles. The molecule has 29 heavy (non-hydrogen) atoms. The highest BCUT2D eigenvalue weighted by Gasteiger charge is 2.42. The molecule has 0 saturated heterocycles. The van der Waals surface area contributed by atoms with E-state index in [2.05, 4.69) is 48.0 Å². The number of carbonyl (C=O) groups is 1. The molecular formula is C23H42IO4P. The maximum Gasteiger partial charge on any atom is 0.303 e. The van der Waals surface area contributed by atoms with E-state index in [4.69, 9.17) is 9.63 Å². The second kappa shape index (κ2) is 16.9. The van der Waals surface area contributed by atoms with Crippen LogP contribution >= 0.6 is 28.5 Å². The maximum atomic E-state index is 10.6. The highest BCUT2D eigenvalue weighted by atomic mass is 127. The molecule has 170 valence electrons. The van der Waals surface area contributed by atoms with Crippen molar-refractivity contribution in [3.63, 3.8) is 0 Å². The Labute approximate surface area is 193 Å². The minimum Gasteiger partial charge on any atom is -0.481 e. The van der Waals surface area contributed by atoms with Crippen LogP contribution in [0.3, 0.4) is 0 Å². The fourth-order valence-electron chi connectivity index (χ4n) is 4.53. The molecule has 1 fully saturated rings. The zero-order chi connectivity index (χ0) is 21.5. The van der Waals surface area contributed by atoms with E-state index in [9.17, 15) is 9.90 Å². The van der Waals surface area contributed by atoms with Gasteiger partial charge in [-0.2, -0.15) is 0 Å². The van der Waals surface area contributed by atoms with Crippen molar-refractivity contribution >= 4 is 34.5 Å². The van der Waals surface area contributed by atoms with Crippen molar-refractivity contribution in [2.24, 2.45) is 17.8 Å². The lowest BCUT2D eigenvalue weighted by Crippen LogP contribution is -2.23. The quantitative estimate of drug-likeness (QED) is 0.0880. The fraction of sp³-hybridized carbons (Fsp3) is 0.870. The molecule has 0 amide bonds. The summed E-state index contributed by atoms with van der Waals surface area (Å²) in [5.41, 5.74) is 0. The maximum absolute atomic E-state index is 10.6. The van der Waals surface area contributed by atoms with Gasteiger partial charge < -0.3 is 14.7 Å². The number of hydrogen-bond donors (Lipinski definition) is 2. The topological polar surface area (TPSA) is 66.8 Å². The van der Waals surface area contributed by atoms with Gasteiger partial charge in [-0.15, -0.1) is 0 Å². The van der Waals surface area contributed by atoms with E-state index in [1.807, 2.05) is 0 Å². The number of unbranched alkanes of at least 4 members (excludes halogenated alkanes) is 5. The molecule has 0 spiro atoms. The first kappa shape index (κ1) is 27.3. The molecule has 0 heterocycles. The first-order chi connectivity index (χ1) is 14.0. The van der Waals surface area contributed by atoms with Gasteiger partial charge in [0.15, 0.2) is 0 Å². The van der Waals surface area contributed by atoms with E-state index in [-0.39, 0.29) is 24.5 Å². The molecule has 6 heteroatoms. The Morgan fingerprint density at radius 2 is 1.93 bits per heavy atom. The Kier molecular flexibility index (Phi) is 15.9. The first-order valence-electron chi connectivity index (χ1n) is 11.6. The van der Waals surface area contributed by atoms with Gasteiger partial charge in [0.25, 0.3) is 0 Å². The summed E-state index contributed by atoms with van der Waals surface area (Å²) in [6.07, 6.45) is 17.8. The monoisotopic (exact) mass is 540 g/mol. The number of hydrogen-bond acceptors (Lipinski definition) is 3. The number of carboxylic acid groups (broad SMARTS) is 1. The predicted octanol–water partition coefficient (Wildman–Crippen LogP) is 7.29. The van der Waals surface area contributed by atoms with E-state index in [0.29, 0.717) is 18.8 Å². The van der Waals surface area contributed by atoms with Gasteiger partial charge in [-0.1, -0.05) is 70.9 Å². The Balaban J connectivity index is 2.45. The number of aliphatic carboxylic acids is 1. The lowest BCUT2D eigenvalue weighted by Gasteiger charge is -2.25. The molecule has 6 atom stereocenters. The van der Waals surface area contributed by atoms with E-state index in [1.54, 1.807) is 0 Å². The van der Waals surface area contributed by atoms with Gasteiger partial charge in [0.05, 0.1) is 18.7 Å². The summed E-state index contributed by atoms with van der Waals surface area (Å²) in [6.45, 7) is 5.07. The van der Waals surface area contributed by atoms with Crippen LogP contribution in [-0.4, -0.2) is 28.4 Å². The highest BCUT2D eigenvalue weighted by molar-refractivity contribution is 14.2. The molecule has 0 aromatic rings. The van der Waals surface area contributed by atoms with Crippen LogP contribution < -0.4 is 0 Å². The lowest BCUT2D eigenvalue weighted by atomic mass is 9.84. The summed E-state index contributed by atoms with van der Waals surface area (Å²) in [5.74, 6) is 0.701. The second-order valence-corrected chi connectivity index (χ2v) is 10.5. The minimum absolute atomic E-state index is 0.183. The average Bonchev–Trinajstić information content (AvgIpc) is 2.97. The molecule has 0 bridgehead atoms. The standard InChI is InChI=1S/C23H42IO4P/c1-3-4-5-6-9-12-18(2)15-16-20-19(21(25)17-22(20)28-29-24)13-10-7-8-11-14-23(26)27/h7,10,18-22,25,29H,3-6,8-9,11-17H2,1-2H3,(H,26,27)/b10-7-/t18?,19-,20-,21+,22-/m1/s1. The SMILES string of the molecule is CCCCCCCC(C)CC[C@@H]1[C@@H](C/C=C\CCCC(=O)O)[C@@H](O)C[C@H]1OPI. The van der Waals surface area contributed by atoms with E-state index in [0.717, 1.165) is 31.6 Å². The predicted molar refractivity (Wildman–Crippen MR) is 132 cm³/mol. The Bertz CT molecular complexity index is 460. The highest BCUT2D eigenvalue weighted by Crippen LogP contribution is 2.44. The minimum atomic E-state index is -0.733. The van der Waals surface area contributed by atoms with Gasteiger partial charge in [-0.3, -0.25) is 4.79 Å². The van der Waals surface area contributed by atoms with Crippen LogP contribution in [0, 0.1) is 17.8 Å². The summed E-state index contributed by atoms with van der Waals surface area (Å²) in [4.78, 5) is 10.6. The third-order valence-corrected chi connectivity index (χ3v) is 7.48. The van der Waals surface area contributed by atoms with Crippen molar-refractivity contribution in [2.45, 2.75) is 110 Å². The Morgan fingerprint density at radius 1 is 1.17 bits per heavy atom. The van der Waals surface area contributed by atoms with Crippen LogP contribution in [0.5, 0.6) is 0 Å². The van der Waals surface area contributed by atoms with Gasteiger partial charge >= 0.3 is 5.97 Å². The summed E-state index contributed by atoms with van der Waals surface area (Å²) < 4.78 is 6.01. The van der Waals surface area contributed by atoms with Crippen LogP contribution in [0.15, 0.2) is 12.2 Å². The van der Waals surface area contributed by atoms with E-state index >= 15 is 0 Å². The van der Waals surface area contributed by atoms with Crippen molar-refractivity contribution in [3.05, 3.63) is 12.2 Å². The third-order valence-electron chi connectivity index (χ3n) is 6.32. The van der Waals surface area contributed by atoms with Crippen molar-refractivity contribution in [1.29, 1.82) is 0 Å². The van der Waals surface area contributed by atoms with Crippen LogP contribution in [-0.2, 0) is 9.32 Å². The van der Waals surface area contributed by atoms with E-state index < -0.39 is 5.97 Å². The number of aliphatic hydroxyl groups excluding tert-OH is 1. The Hall–Kier alpha value is 0.290. The largest absolute Gasteiger partial charge is 0.481 e. The number of rotatable bonds is 17. The number of allylic oxidation sites excluding steroid dienone is 2. The first-order valence-corrected chi connectivity index (χ1v) is 15.6. The number of carboxylic acids is 1. The summed E-state index contributed by atoms with van der Waals surface area (Å²) in [7, 11) is 0. The van der Waals surface area contributed by atoms with Crippen LogP contribution in [0.4, 0.5) is 0 Å².